The van der Waals surface area contributed by atoms with Crippen LogP contribution >= 0.6 is 7.82 Å². The Morgan fingerprint density at radius 1 is 0.462 bits per heavy atom. The third-order valence-electron chi connectivity index (χ3n) is 13.7. The zero-order chi connectivity index (χ0) is 57.0. The highest BCUT2D eigenvalue weighted by atomic mass is 31.2. The van der Waals surface area contributed by atoms with Gasteiger partial charge in [-0.1, -0.05) is 283 Å². The van der Waals surface area contributed by atoms with Crippen molar-refractivity contribution in [2.24, 2.45) is 0 Å². The van der Waals surface area contributed by atoms with Crippen molar-refractivity contribution in [1.29, 1.82) is 0 Å². The molecule has 0 aromatic rings. The smallest absolute Gasteiger partial charge is 0.268 e. The van der Waals surface area contributed by atoms with Crippen LogP contribution in [0.15, 0.2) is 122 Å². The summed E-state index contributed by atoms with van der Waals surface area (Å²) in [6, 6.07) is -0.810. The second-order valence-corrected chi connectivity index (χ2v) is 23.8. The quantitative estimate of drug-likeness (QED) is 0.0272. The number of nitrogens with one attached hydrogen (secondary N) is 1. The molecular formula is C69H121N2O6P. The van der Waals surface area contributed by atoms with E-state index in [1.807, 2.05) is 21.1 Å². The summed E-state index contributed by atoms with van der Waals surface area (Å²) in [7, 11) is 1.29. The molecule has 3 atom stereocenters. The van der Waals surface area contributed by atoms with E-state index in [9.17, 15) is 19.4 Å². The van der Waals surface area contributed by atoms with Crippen LogP contribution in [0.2, 0.25) is 0 Å². The van der Waals surface area contributed by atoms with Gasteiger partial charge in [0.25, 0.3) is 7.82 Å². The average molecular weight is 1110 g/mol. The molecule has 0 aliphatic heterocycles. The molecule has 0 bridgehead atoms. The fraction of sp³-hybridized carbons (Fsp3) is 0.696. The summed E-state index contributed by atoms with van der Waals surface area (Å²) in [5, 5.41) is 14.0. The van der Waals surface area contributed by atoms with Gasteiger partial charge in [0.05, 0.1) is 39.9 Å². The number of hydrogen-bond donors (Lipinski definition) is 2. The molecule has 9 heteroatoms. The topological polar surface area (TPSA) is 108 Å². The lowest BCUT2D eigenvalue weighted by atomic mass is 10.0. The average Bonchev–Trinajstić information content (AvgIpc) is 3.41. The highest BCUT2D eigenvalue weighted by Gasteiger charge is 2.24. The molecule has 0 spiro atoms. The Morgan fingerprint density at radius 2 is 0.782 bits per heavy atom. The zero-order valence-corrected chi connectivity index (χ0v) is 52.0. The first-order valence-corrected chi connectivity index (χ1v) is 33.3. The Hall–Kier alpha value is -3.10. The molecular weight excluding hydrogens is 984 g/mol. The number of allylic oxidation sites excluding steroid dienone is 20. The van der Waals surface area contributed by atoms with Gasteiger partial charge in [-0.05, 0) is 89.9 Å². The van der Waals surface area contributed by atoms with Crippen LogP contribution in [0, 0.1) is 0 Å². The van der Waals surface area contributed by atoms with E-state index in [4.69, 9.17) is 9.05 Å². The van der Waals surface area contributed by atoms with Gasteiger partial charge < -0.3 is 28.8 Å². The minimum absolute atomic E-state index is 0.00667. The first-order valence-electron chi connectivity index (χ1n) is 31.9. The number of phosphoric acid groups is 1. The lowest BCUT2D eigenvalue weighted by Crippen LogP contribution is -2.46. The summed E-state index contributed by atoms with van der Waals surface area (Å²) in [6.45, 7) is 4.60. The predicted octanol–water partition coefficient (Wildman–Crippen LogP) is 19.5. The number of hydrogen-bond acceptors (Lipinski definition) is 6. The number of phosphoric ester groups is 1. The third kappa shape index (κ3) is 60.5. The van der Waals surface area contributed by atoms with E-state index in [0.29, 0.717) is 23.9 Å². The van der Waals surface area contributed by atoms with Gasteiger partial charge in [0.1, 0.15) is 13.2 Å². The van der Waals surface area contributed by atoms with E-state index < -0.39 is 20.0 Å². The number of nitrogens with zero attached hydrogens (tertiary/aromatic N) is 1. The molecule has 1 amide bonds. The summed E-state index contributed by atoms with van der Waals surface area (Å²) in [4.78, 5) is 25.6. The van der Waals surface area contributed by atoms with Crippen molar-refractivity contribution in [2.45, 2.75) is 270 Å². The largest absolute Gasteiger partial charge is 0.756 e. The normalized spacial score (nSPS) is 14.6. The van der Waals surface area contributed by atoms with E-state index in [2.05, 4.69) is 141 Å². The molecule has 0 saturated heterocycles. The molecule has 78 heavy (non-hydrogen) atoms. The maximum absolute atomic E-state index is 13.0. The zero-order valence-electron chi connectivity index (χ0n) is 51.1. The summed E-state index contributed by atoms with van der Waals surface area (Å²) in [6.07, 6.45) is 86.7. The van der Waals surface area contributed by atoms with Crippen molar-refractivity contribution < 1.29 is 32.9 Å². The van der Waals surface area contributed by atoms with E-state index in [1.54, 1.807) is 0 Å². The molecule has 0 saturated carbocycles. The van der Waals surface area contributed by atoms with Crippen molar-refractivity contribution in [1.82, 2.24) is 5.32 Å². The second-order valence-electron chi connectivity index (χ2n) is 22.4. The highest BCUT2D eigenvalue weighted by Crippen LogP contribution is 2.38. The molecule has 0 radical (unpaired) electrons. The van der Waals surface area contributed by atoms with Gasteiger partial charge in [-0.3, -0.25) is 9.36 Å². The van der Waals surface area contributed by atoms with Crippen molar-refractivity contribution in [3.63, 3.8) is 0 Å². The number of rotatable bonds is 57. The Bertz CT molecular complexity index is 1680. The van der Waals surface area contributed by atoms with E-state index in [-0.39, 0.29) is 19.1 Å². The number of carbonyl (C=O) groups excluding carboxylic acids is 1. The Kier molecular flexibility index (Phi) is 56.2. The van der Waals surface area contributed by atoms with Gasteiger partial charge in [0.2, 0.25) is 5.91 Å². The molecule has 3 unspecified atom stereocenters. The fourth-order valence-electron chi connectivity index (χ4n) is 8.77. The number of aliphatic hydroxyl groups excluding tert-OH is 1. The molecule has 0 aliphatic rings. The van der Waals surface area contributed by atoms with Crippen LogP contribution in [-0.2, 0) is 18.4 Å². The first kappa shape index (κ1) is 74.9. The van der Waals surface area contributed by atoms with Crippen molar-refractivity contribution >= 4 is 13.7 Å². The van der Waals surface area contributed by atoms with Crippen LogP contribution < -0.4 is 10.2 Å². The van der Waals surface area contributed by atoms with Gasteiger partial charge in [-0.15, -0.1) is 0 Å². The van der Waals surface area contributed by atoms with Crippen LogP contribution in [0.25, 0.3) is 0 Å². The first-order chi connectivity index (χ1) is 38.0. The molecule has 2 N–H and O–H groups in total. The van der Waals surface area contributed by atoms with Crippen LogP contribution in [0.1, 0.15) is 258 Å². The number of unbranched alkanes of at least 4 members (excludes halogenated alkanes) is 24. The Balaban J connectivity index is 4.06. The van der Waals surface area contributed by atoms with Crippen LogP contribution in [0.4, 0.5) is 0 Å². The van der Waals surface area contributed by atoms with Crippen LogP contribution in [0.3, 0.4) is 0 Å². The van der Waals surface area contributed by atoms with E-state index in [0.717, 1.165) is 109 Å². The lowest BCUT2D eigenvalue weighted by molar-refractivity contribution is -0.870. The summed E-state index contributed by atoms with van der Waals surface area (Å²) in [5.74, 6) is -0.173. The van der Waals surface area contributed by atoms with Crippen molar-refractivity contribution in [3.05, 3.63) is 122 Å². The van der Waals surface area contributed by atoms with Gasteiger partial charge in [0, 0.05) is 6.42 Å². The molecule has 448 valence electrons. The van der Waals surface area contributed by atoms with Crippen molar-refractivity contribution in [3.8, 4) is 0 Å². The molecule has 8 nitrogen and oxygen atoms in total. The Morgan fingerprint density at radius 3 is 1.14 bits per heavy atom. The minimum atomic E-state index is -4.58. The van der Waals surface area contributed by atoms with Gasteiger partial charge in [-0.25, -0.2) is 0 Å². The minimum Gasteiger partial charge on any atom is -0.756 e. The maximum Gasteiger partial charge on any atom is 0.268 e. The van der Waals surface area contributed by atoms with Crippen LogP contribution in [0.5, 0.6) is 0 Å². The molecule has 0 fully saturated rings. The standard InChI is InChI=1S/C69H121N2O6P/c1-6-8-10-12-14-16-18-20-22-23-24-25-26-27-28-29-30-31-32-33-34-35-36-37-38-39-40-41-42-43-44-45-46-47-49-51-53-55-57-59-61-63-69(73)70-67(66-77-78(74,75)76-65-64-71(3,4)5)68(72)62-60-58-56-54-52-50-48-21-19-17-15-13-11-9-7-2/h8,10,14,16,20,22,24-25,27-28,30-31,33-34,36-37,39-40,42-43,67-68,72H,6-7,9,11-13,15,17-19,21,23,26,29,32,35,38,41,44-66H2,1-5H3,(H-,70,73,74,75)/b10-8-,16-14-,22-20-,25-24-,28-27-,31-30-,34-33-,37-36-,40-39-,43-42-. The number of aliphatic hydroxyl groups is 1. The molecule has 0 aromatic heterocycles. The number of likely N-dealkylation sites (N-methyl/N-ethyl adjacent to an activating group) is 1. The second kappa shape index (κ2) is 58.6. The van der Waals surface area contributed by atoms with Crippen molar-refractivity contribution in [2.75, 3.05) is 40.9 Å². The summed E-state index contributed by atoms with van der Waals surface area (Å²) >= 11 is 0. The lowest BCUT2D eigenvalue weighted by Gasteiger charge is -2.30. The predicted molar refractivity (Wildman–Crippen MR) is 339 cm³/mol. The SMILES string of the molecule is CC/C=C\C/C=C\C/C=C\C/C=C\C/C=C\C/C=C\C/C=C\C/C=C\C/C=C\C/C=C\CCCCCCCCCCCCC(=O)NC(COP(=O)([O-])OCC[N+](C)(C)C)C(O)CCCCCCCCCCCCCCCCC. The van der Waals surface area contributed by atoms with Gasteiger partial charge in [0.15, 0.2) is 0 Å². The summed E-state index contributed by atoms with van der Waals surface area (Å²) < 4.78 is 23.4. The van der Waals surface area contributed by atoms with E-state index in [1.165, 1.54) is 122 Å². The molecule has 0 aliphatic carbocycles. The summed E-state index contributed by atoms with van der Waals surface area (Å²) in [5.41, 5.74) is 0. The highest BCUT2D eigenvalue weighted by molar-refractivity contribution is 7.45. The number of carbonyl (C=O) groups is 1. The van der Waals surface area contributed by atoms with Crippen LogP contribution in [-0.4, -0.2) is 68.5 Å². The molecule has 0 heterocycles. The monoisotopic (exact) mass is 1100 g/mol. The number of amides is 1. The van der Waals surface area contributed by atoms with Gasteiger partial charge >= 0.3 is 0 Å². The third-order valence-corrected chi connectivity index (χ3v) is 14.7. The number of quaternary nitrogens is 1. The fourth-order valence-corrected chi connectivity index (χ4v) is 9.50. The molecule has 0 rings (SSSR count). The van der Waals surface area contributed by atoms with Gasteiger partial charge in [-0.2, -0.15) is 0 Å². The maximum atomic E-state index is 13.0. The Labute approximate surface area is 482 Å². The molecule has 0 aromatic carbocycles. The van der Waals surface area contributed by atoms with E-state index >= 15 is 0 Å².